The highest BCUT2D eigenvalue weighted by Gasteiger charge is 2.10. The molecule has 2 heteroatoms. The zero-order valence-corrected chi connectivity index (χ0v) is 10.4. The molecule has 0 spiro atoms. The fourth-order valence-corrected chi connectivity index (χ4v) is 2.37. The van der Waals surface area contributed by atoms with Gasteiger partial charge in [-0.1, -0.05) is 40.5 Å². The lowest BCUT2D eigenvalue weighted by molar-refractivity contribution is 0.475. The van der Waals surface area contributed by atoms with E-state index in [9.17, 15) is 0 Å². The summed E-state index contributed by atoms with van der Waals surface area (Å²) in [5.41, 5.74) is 6.03. The van der Waals surface area contributed by atoms with Crippen LogP contribution in [0.25, 0.3) is 0 Å². The van der Waals surface area contributed by atoms with Crippen molar-refractivity contribution in [1.29, 1.82) is 0 Å². The molecule has 0 heterocycles. The van der Waals surface area contributed by atoms with E-state index in [0.717, 1.165) is 11.7 Å². The van der Waals surface area contributed by atoms with E-state index in [1.807, 2.05) is 11.8 Å². The van der Waals surface area contributed by atoms with Gasteiger partial charge >= 0.3 is 0 Å². The molecule has 0 aliphatic heterocycles. The second kappa shape index (κ2) is 7.69. The summed E-state index contributed by atoms with van der Waals surface area (Å²) in [4.78, 5) is 0. The maximum Gasteiger partial charge on any atom is 0.0156 e. The molecule has 0 aliphatic carbocycles. The van der Waals surface area contributed by atoms with Crippen molar-refractivity contribution in [2.45, 2.75) is 46.6 Å². The summed E-state index contributed by atoms with van der Waals surface area (Å²) in [5, 5.41) is 0. The smallest absolute Gasteiger partial charge is 0.0156 e. The minimum absolute atomic E-state index is 0.388. The molecule has 0 saturated carbocycles. The molecule has 0 amide bonds. The highest BCUT2D eigenvalue weighted by atomic mass is 32.2. The minimum Gasteiger partial charge on any atom is -0.327 e. The van der Waals surface area contributed by atoms with Crippen LogP contribution in [0.15, 0.2) is 0 Å². The van der Waals surface area contributed by atoms with Gasteiger partial charge in [0.25, 0.3) is 0 Å². The standard InChI is InChI=1S/C11H25NS/c1-5-9(3)7-13-8-11(12)10(4)6-2/h9-11H,5-8,12H2,1-4H3. The van der Waals surface area contributed by atoms with Gasteiger partial charge in [-0.05, 0) is 17.6 Å². The normalized spacial score (nSPS) is 18.2. The zero-order valence-electron chi connectivity index (χ0n) is 9.55. The summed E-state index contributed by atoms with van der Waals surface area (Å²) in [6.07, 6.45) is 2.48. The molecule has 0 aromatic rings. The average Bonchev–Trinajstić information content (AvgIpc) is 2.15. The van der Waals surface area contributed by atoms with E-state index in [1.54, 1.807) is 0 Å². The van der Waals surface area contributed by atoms with E-state index in [2.05, 4.69) is 27.7 Å². The topological polar surface area (TPSA) is 26.0 Å². The first-order chi connectivity index (χ1) is 6.11. The Morgan fingerprint density at radius 2 is 1.69 bits per heavy atom. The molecule has 2 N–H and O–H groups in total. The number of thioether (sulfide) groups is 1. The number of hydrogen-bond donors (Lipinski definition) is 1. The molecule has 0 aromatic carbocycles. The number of rotatable bonds is 7. The SMILES string of the molecule is CCC(C)CSCC(N)C(C)CC. The average molecular weight is 203 g/mol. The summed E-state index contributed by atoms with van der Waals surface area (Å²) < 4.78 is 0. The van der Waals surface area contributed by atoms with Crippen LogP contribution in [0.3, 0.4) is 0 Å². The fraction of sp³-hybridized carbons (Fsp3) is 1.00. The lowest BCUT2D eigenvalue weighted by Gasteiger charge is -2.18. The van der Waals surface area contributed by atoms with Gasteiger partial charge in [-0.15, -0.1) is 0 Å². The van der Waals surface area contributed by atoms with Crippen LogP contribution in [0.4, 0.5) is 0 Å². The predicted octanol–water partition coefficient (Wildman–Crippen LogP) is 3.14. The third-order valence-corrected chi connectivity index (χ3v) is 4.21. The van der Waals surface area contributed by atoms with Crippen molar-refractivity contribution in [2.24, 2.45) is 17.6 Å². The molecule has 0 aromatic heterocycles. The minimum atomic E-state index is 0.388. The first kappa shape index (κ1) is 13.3. The fourth-order valence-electron chi connectivity index (χ4n) is 0.990. The number of nitrogens with two attached hydrogens (primary N) is 1. The first-order valence-corrected chi connectivity index (χ1v) is 6.60. The lowest BCUT2D eigenvalue weighted by atomic mass is 10.0. The highest BCUT2D eigenvalue weighted by Crippen LogP contribution is 2.15. The third kappa shape index (κ3) is 6.39. The van der Waals surface area contributed by atoms with Crippen molar-refractivity contribution in [2.75, 3.05) is 11.5 Å². The van der Waals surface area contributed by atoms with Gasteiger partial charge in [-0.25, -0.2) is 0 Å². The number of hydrogen-bond acceptors (Lipinski definition) is 2. The molecule has 3 atom stereocenters. The van der Waals surface area contributed by atoms with Crippen molar-refractivity contribution < 1.29 is 0 Å². The van der Waals surface area contributed by atoms with Gasteiger partial charge in [-0.2, -0.15) is 11.8 Å². The second-order valence-corrected chi connectivity index (χ2v) is 5.18. The molecular formula is C11H25NS. The van der Waals surface area contributed by atoms with Crippen LogP contribution in [0.5, 0.6) is 0 Å². The maximum absolute atomic E-state index is 6.03. The van der Waals surface area contributed by atoms with Crippen molar-refractivity contribution in [3.8, 4) is 0 Å². The van der Waals surface area contributed by atoms with E-state index in [4.69, 9.17) is 5.73 Å². The Hall–Kier alpha value is 0.310. The van der Waals surface area contributed by atoms with Crippen LogP contribution in [0.2, 0.25) is 0 Å². The largest absolute Gasteiger partial charge is 0.327 e. The van der Waals surface area contributed by atoms with Crippen LogP contribution in [0.1, 0.15) is 40.5 Å². The molecule has 0 radical (unpaired) electrons. The van der Waals surface area contributed by atoms with Gasteiger partial charge in [0.1, 0.15) is 0 Å². The van der Waals surface area contributed by atoms with E-state index in [-0.39, 0.29) is 0 Å². The molecule has 0 rings (SSSR count). The van der Waals surface area contributed by atoms with Crippen LogP contribution in [-0.2, 0) is 0 Å². The molecule has 0 bridgehead atoms. The molecule has 13 heavy (non-hydrogen) atoms. The van der Waals surface area contributed by atoms with E-state index >= 15 is 0 Å². The van der Waals surface area contributed by atoms with Crippen LogP contribution in [-0.4, -0.2) is 17.5 Å². The summed E-state index contributed by atoms with van der Waals surface area (Å²) in [6.45, 7) is 9.01. The summed E-state index contributed by atoms with van der Waals surface area (Å²) in [5.74, 6) is 3.90. The van der Waals surface area contributed by atoms with Crippen LogP contribution in [0, 0.1) is 11.8 Å². The predicted molar refractivity (Wildman–Crippen MR) is 64.2 cm³/mol. The summed E-state index contributed by atoms with van der Waals surface area (Å²) in [6, 6.07) is 0.388. The van der Waals surface area contributed by atoms with Gasteiger partial charge in [0, 0.05) is 11.8 Å². The highest BCUT2D eigenvalue weighted by molar-refractivity contribution is 7.99. The molecule has 0 saturated heterocycles. The van der Waals surface area contributed by atoms with Gasteiger partial charge in [0.2, 0.25) is 0 Å². The molecule has 80 valence electrons. The molecular weight excluding hydrogens is 178 g/mol. The molecule has 0 aliphatic rings. The third-order valence-electron chi connectivity index (χ3n) is 2.78. The Kier molecular flexibility index (Phi) is 7.87. The molecule has 0 fully saturated rings. The Labute approximate surface area is 87.9 Å². The maximum atomic E-state index is 6.03. The van der Waals surface area contributed by atoms with Gasteiger partial charge in [0.15, 0.2) is 0 Å². The second-order valence-electron chi connectivity index (χ2n) is 4.10. The monoisotopic (exact) mass is 203 g/mol. The van der Waals surface area contributed by atoms with Crippen LogP contribution >= 0.6 is 11.8 Å². The van der Waals surface area contributed by atoms with Crippen molar-refractivity contribution in [3.05, 3.63) is 0 Å². The summed E-state index contributed by atoms with van der Waals surface area (Å²) >= 11 is 2.01. The van der Waals surface area contributed by atoms with Gasteiger partial charge in [0.05, 0.1) is 0 Å². The van der Waals surface area contributed by atoms with Gasteiger partial charge in [-0.3, -0.25) is 0 Å². The quantitative estimate of drug-likeness (QED) is 0.688. The zero-order chi connectivity index (χ0) is 10.3. The van der Waals surface area contributed by atoms with Gasteiger partial charge < -0.3 is 5.73 Å². The lowest BCUT2D eigenvalue weighted by Crippen LogP contribution is -2.30. The van der Waals surface area contributed by atoms with E-state index in [0.29, 0.717) is 12.0 Å². The summed E-state index contributed by atoms with van der Waals surface area (Å²) in [7, 11) is 0. The Bertz CT molecular complexity index is 117. The molecule has 1 nitrogen and oxygen atoms in total. The first-order valence-electron chi connectivity index (χ1n) is 5.45. The molecule has 3 unspecified atom stereocenters. The Morgan fingerprint density at radius 3 is 2.15 bits per heavy atom. The van der Waals surface area contributed by atoms with Crippen molar-refractivity contribution in [1.82, 2.24) is 0 Å². The van der Waals surface area contributed by atoms with Crippen LogP contribution < -0.4 is 5.73 Å². The van der Waals surface area contributed by atoms with Crippen molar-refractivity contribution >= 4 is 11.8 Å². The van der Waals surface area contributed by atoms with E-state index < -0.39 is 0 Å². The van der Waals surface area contributed by atoms with E-state index in [1.165, 1.54) is 18.6 Å². The van der Waals surface area contributed by atoms with Crippen molar-refractivity contribution in [3.63, 3.8) is 0 Å². The Balaban J connectivity index is 3.41. The Morgan fingerprint density at radius 1 is 1.08 bits per heavy atom.